The summed E-state index contributed by atoms with van der Waals surface area (Å²) in [5.74, 6) is 0.950. The van der Waals surface area contributed by atoms with Crippen LogP contribution >= 0.6 is 0 Å². The minimum absolute atomic E-state index is 0.527. The average molecular weight is 293 g/mol. The lowest BCUT2D eigenvalue weighted by molar-refractivity contribution is 0.0417. The third-order valence-corrected chi connectivity index (χ3v) is 6.57. The third-order valence-electron chi connectivity index (χ3n) is 6.57. The Morgan fingerprint density at radius 1 is 0.905 bits per heavy atom. The molecule has 0 aromatic rings. The predicted octanol–water partition coefficient (Wildman–Crippen LogP) is 4.20. The number of rotatable bonds is 2. The van der Waals surface area contributed by atoms with Crippen LogP contribution in [0.3, 0.4) is 0 Å². The third kappa shape index (κ3) is 3.82. The molecule has 1 N–H and O–H groups in total. The first-order valence-corrected chi connectivity index (χ1v) is 9.64. The Labute approximate surface area is 132 Å². The molecule has 0 aromatic heterocycles. The first-order chi connectivity index (χ1) is 10.2. The summed E-state index contributed by atoms with van der Waals surface area (Å²) in [4.78, 5) is 2.89. The van der Waals surface area contributed by atoms with Crippen LogP contribution in [0.1, 0.15) is 78.1 Å². The summed E-state index contributed by atoms with van der Waals surface area (Å²) in [5.41, 5.74) is 0.527. The molecule has 2 heteroatoms. The van der Waals surface area contributed by atoms with E-state index in [1.54, 1.807) is 0 Å². The Morgan fingerprint density at radius 3 is 2.43 bits per heavy atom. The van der Waals surface area contributed by atoms with Crippen molar-refractivity contribution in [3.63, 3.8) is 0 Å². The van der Waals surface area contributed by atoms with Gasteiger partial charge in [0.1, 0.15) is 0 Å². The van der Waals surface area contributed by atoms with Crippen molar-refractivity contribution < 1.29 is 0 Å². The minimum atomic E-state index is 0.527. The van der Waals surface area contributed by atoms with E-state index in [1.807, 2.05) is 0 Å². The molecule has 3 fully saturated rings. The molecule has 3 rings (SSSR count). The molecule has 2 saturated carbocycles. The molecule has 2 nitrogen and oxygen atoms in total. The number of nitrogens with one attached hydrogen (secondary N) is 1. The molecule has 0 amide bonds. The lowest BCUT2D eigenvalue weighted by Gasteiger charge is -2.46. The van der Waals surface area contributed by atoms with E-state index in [9.17, 15) is 0 Å². The fourth-order valence-electron chi connectivity index (χ4n) is 5.27. The predicted molar refractivity (Wildman–Crippen MR) is 90.6 cm³/mol. The quantitative estimate of drug-likeness (QED) is 0.820. The van der Waals surface area contributed by atoms with Gasteiger partial charge in [0, 0.05) is 18.6 Å². The van der Waals surface area contributed by atoms with E-state index in [1.165, 1.54) is 83.8 Å². The lowest BCUT2D eigenvalue weighted by atomic mass is 9.72. The zero-order valence-corrected chi connectivity index (χ0v) is 14.4. The Morgan fingerprint density at radius 2 is 1.67 bits per heavy atom. The zero-order chi connectivity index (χ0) is 14.7. The molecule has 21 heavy (non-hydrogen) atoms. The van der Waals surface area contributed by atoms with Gasteiger partial charge in [-0.15, -0.1) is 0 Å². The highest BCUT2D eigenvalue weighted by Gasteiger charge is 2.38. The smallest absolute Gasteiger partial charge is 0.0223 e. The van der Waals surface area contributed by atoms with Crippen molar-refractivity contribution in [1.29, 1.82) is 0 Å². The minimum Gasteiger partial charge on any atom is -0.312 e. The summed E-state index contributed by atoms with van der Waals surface area (Å²) in [6.45, 7) is 8.92. The average Bonchev–Trinajstić information content (AvgIpc) is 2.73. The van der Waals surface area contributed by atoms with E-state index in [2.05, 4.69) is 24.1 Å². The molecule has 0 radical (unpaired) electrons. The van der Waals surface area contributed by atoms with Crippen LogP contribution < -0.4 is 5.32 Å². The Kier molecular flexibility index (Phi) is 5.27. The maximum Gasteiger partial charge on any atom is 0.0223 e. The van der Waals surface area contributed by atoms with Gasteiger partial charge in [0.05, 0.1) is 0 Å². The van der Waals surface area contributed by atoms with Crippen molar-refractivity contribution in [3.8, 4) is 0 Å². The van der Waals surface area contributed by atoms with E-state index in [0.29, 0.717) is 5.41 Å². The zero-order valence-electron chi connectivity index (χ0n) is 14.4. The Hall–Kier alpha value is -0.0800. The highest BCUT2D eigenvalue weighted by molar-refractivity contribution is 4.93. The van der Waals surface area contributed by atoms with E-state index < -0.39 is 0 Å². The van der Waals surface area contributed by atoms with Gasteiger partial charge in [-0.3, -0.25) is 4.90 Å². The maximum atomic E-state index is 3.91. The van der Waals surface area contributed by atoms with Gasteiger partial charge in [0.25, 0.3) is 0 Å². The van der Waals surface area contributed by atoms with Gasteiger partial charge >= 0.3 is 0 Å². The largest absolute Gasteiger partial charge is 0.312 e. The van der Waals surface area contributed by atoms with Gasteiger partial charge < -0.3 is 5.32 Å². The molecule has 2 aliphatic carbocycles. The van der Waals surface area contributed by atoms with E-state index in [4.69, 9.17) is 0 Å². The SMILES string of the molecule is CC1(C)CCCCC1N1CCCNC(C2CCCCC2)C1. The maximum absolute atomic E-state index is 3.91. The summed E-state index contributed by atoms with van der Waals surface area (Å²) in [7, 11) is 0. The second-order valence-corrected chi connectivity index (χ2v) is 8.56. The molecule has 3 aliphatic rings. The molecule has 0 aromatic carbocycles. The topological polar surface area (TPSA) is 15.3 Å². The van der Waals surface area contributed by atoms with Crippen LogP contribution in [0.4, 0.5) is 0 Å². The van der Waals surface area contributed by atoms with Crippen molar-refractivity contribution >= 4 is 0 Å². The summed E-state index contributed by atoms with van der Waals surface area (Å²) >= 11 is 0. The van der Waals surface area contributed by atoms with Crippen molar-refractivity contribution in [1.82, 2.24) is 10.2 Å². The normalized spacial score (nSPS) is 36.3. The van der Waals surface area contributed by atoms with Gasteiger partial charge in [-0.2, -0.15) is 0 Å². The van der Waals surface area contributed by atoms with Gasteiger partial charge in [0.15, 0.2) is 0 Å². The first-order valence-electron chi connectivity index (χ1n) is 9.64. The lowest BCUT2D eigenvalue weighted by Crippen LogP contribution is -2.52. The molecule has 1 heterocycles. The summed E-state index contributed by atoms with van der Waals surface area (Å²) in [5, 5.41) is 3.91. The fraction of sp³-hybridized carbons (Fsp3) is 1.00. The second-order valence-electron chi connectivity index (χ2n) is 8.56. The van der Waals surface area contributed by atoms with Crippen LogP contribution in [0.5, 0.6) is 0 Å². The van der Waals surface area contributed by atoms with Crippen LogP contribution in [-0.4, -0.2) is 36.6 Å². The summed E-state index contributed by atoms with van der Waals surface area (Å²) in [6.07, 6.45) is 14.5. The number of hydrogen-bond donors (Lipinski definition) is 1. The van der Waals surface area contributed by atoms with Crippen LogP contribution in [0, 0.1) is 11.3 Å². The van der Waals surface area contributed by atoms with Crippen LogP contribution in [0.2, 0.25) is 0 Å². The molecule has 1 aliphatic heterocycles. The number of nitrogens with zero attached hydrogens (tertiary/aromatic N) is 1. The van der Waals surface area contributed by atoms with E-state index >= 15 is 0 Å². The number of hydrogen-bond acceptors (Lipinski definition) is 2. The van der Waals surface area contributed by atoms with Gasteiger partial charge in [-0.1, -0.05) is 46.0 Å². The summed E-state index contributed by atoms with van der Waals surface area (Å²) in [6, 6.07) is 1.60. The van der Waals surface area contributed by atoms with E-state index in [-0.39, 0.29) is 0 Å². The second kappa shape index (κ2) is 7.00. The van der Waals surface area contributed by atoms with Crippen molar-refractivity contribution in [2.24, 2.45) is 11.3 Å². The van der Waals surface area contributed by atoms with E-state index in [0.717, 1.165) is 18.0 Å². The molecule has 2 atom stereocenters. The molecule has 122 valence electrons. The molecular formula is C19H36N2. The van der Waals surface area contributed by atoms with Gasteiger partial charge in [-0.25, -0.2) is 0 Å². The molecule has 0 spiro atoms. The van der Waals surface area contributed by atoms with Crippen LogP contribution in [0.15, 0.2) is 0 Å². The molecule has 1 saturated heterocycles. The fourth-order valence-corrected chi connectivity index (χ4v) is 5.27. The molecule has 0 bridgehead atoms. The van der Waals surface area contributed by atoms with Crippen LogP contribution in [-0.2, 0) is 0 Å². The van der Waals surface area contributed by atoms with Crippen molar-refractivity contribution in [3.05, 3.63) is 0 Å². The standard InChI is InChI=1S/C19H36N2/c1-19(2)12-7-6-11-18(19)21-14-8-13-20-17(15-21)16-9-4-3-5-10-16/h16-18,20H,3-15H2,1-2H3. The summed E-state index contributed by atoms with van der Waals surface area (Å²) < 4.78 is 0. The van der Waals surface area contributed by atoms with Gasteiger partial charge in [0.2, 0.25) is 0 Å². The highest BCUT2D eigenvalue weighted by atomic mass is 15.2. The highest BCUT2D eigenvalue weighted by Crippen LogP contribution is 2.39. The monoisotopic (exact) mass is 292 g/mol. The van der Waals surface area contributed by atoms with Crippen molar-refractivity contribution in [2.75, 3.05) is 19.6 Å². The molecule has 2 unspecified atom stereocenters. The van der Waals surface area contributed by atoms with Crippen LogP contribution in [0.25, 0.3) is 0 Å². The Balaban J connectivity index is 1.66. The van der Waals surface area contributed by atoms with Crippen molar-refractivity contribution in [2.45, 2.75) is 90.1 Å². The first kappa shape index (κ1) is 15.8. The van der Waals surface area contributed by atoms with Gasteiger partial charge in [-0.05, 0) is 56.5 Å². The Bertz CT molecular complexity index is 320. The molecular weight excluding hydrogens is 256 g/mol.